The Morgan fingerprint density at radius 3 is 2.79 bits per heavy atom. The number of aromatic nitrogens is 1. The molecule has 1 aromatic rings. The summed E-state index contributed by atoms with van der Waals surface area (Å²) in [6.07, 6.45) is 3.00. The zero-order valence-corrected chi connectivity index (χ0v) is 13.1. The van der Waals surface area contributed by atoms with Gasteiger partial charge in [-0.1, -0.05) is 6.92 Å². The zero-order valence-electron chi connectivity index (χ0n) is 11.5. The second kappa shape index (κ2) is 7.45. The van der Waals surface area contributed by atoms with Gasteiger partial charge in [-0.25, -0.2) is 4.98 Å². The highest BCUT2D eigenvalue weighted by molar-refractivity contribution is 9.10. The predicted molar refractivity (Wildman–Crippen MR) is 79.5 cm³/mol. The summed E-state index contributed by atoms with van der Waals surface area (Å²) in [4.78, 5) is 18.3. The van der Waals surface area contributed by atoms with Gasteiger partial charge in [-0.3, -0.25) is 4.79 Å². The second-order valence-electron chi connectivity index (χ2n) is 4.51. The van der Waals surface area contributed by atoms with Crippen LogP contribution in [0.15, 0.2) is 16.7 Å². The predicted octanol–water partition coefficient (Wildman–Crippen LogP) is 1.80. The number of aliphatic hydroxyl groups excluding tert-OH is 1. The first-order valence-corrected chi connectivity index (χ1v) is 7.03. The molecule has 0 bridgehead atoms. The molecule has 0 aliphatic carbocycles. The fourth-order valence-electron chi connectivity index (χ4n) is 1.75. The Kier molecular flexibility index (Phi) is 6.24. The lowest BCUT2D eigenvalue weighted by Gasteiger charge is -2.19. The number of aliphatic hydroxyl groups is 1. The van der Waals surface area contributed by atoms with Crippen molar-refractivity contribution >= 4 is 27.7 Å². The molecule has 1 atom stereocenters. The van der Waals surface area contributed by atoms with E-state index in [-0.39, 0.29) is 18.6 Å². The summed E-state index contributed by atoms with van der Waals surface area (Å²) in [7, 11) is 3.69. The van der Waals surface area contributed by atoms with Gasteiger partial charge in [0.15, 0.2) is 0 Å². The molecule has 1 aromatic heterocycles. The van der Waals surface area contributed by atoms with Crippen LogP contribution in [0.3, 0.4) is 0 Å². The molecule has 6 heteroatoms. The van der Waals surface area contributed by atoms with Crippen LogP contribution < -0.4 is 10.2 Å². The summed E-state index contributed by atoms with van der Waals surface area (Å²) in [6, 6.07) is 1.73. The van der Waals surface area contributed by atoms with E-state index < -0.39 is 0 Å². The summed E-state index contributed by atoms with van der Waals surface area (Å²) in [5.74, 6) is 0.456. The maximum atomic E-state index is 12.3. The summed E-state index contributed by atoms with van der Waals surface area (Å²) < 4.78 is 0.762. The third-order valence-corrected chi connectivity index (χ3v) is 3.24. The molecule has 0 saturated heterocycles. The molecule has 1 unspecified atom stereocenters. The van der Waals surface area contributed by atoms with Gasteiger partial charge in [0.05, 0.1) is 5.56 Å². The van der Waals surface area contributed by atoms with Crippen molar-refractivity contribution in [2.24, 2.45) is 0 Å². The summed E-state index contributed by atoms with van der Waals surface area (Å²) >= 11 is 3.33. The monoisotopic (exact) mass is 329 g/mol. The van der Waals surface area contributed by atoms with E-state index in [4.69, 9.17) is 5.11 Å². The lowest BCUT2D eigenvalue weighted by molar-refractivity contribution is 0.0929. The van der Waals surface area contributed by atoms with Crippen LogP contribution in [0.1, 0.15) is 30.1 Å². The average molecular weight is 330 g/mol. The average Bonchev–Trinajstić information content (AvgIpc) is 2.37. The van der Waals surface area contributed by atoms with Gasteiger partial charge in [0.25, 0.3) is 5.91 Å². The molecule has 0 aromatic carbocycles. The number of hydrogen-bond acceptors (Lipinski definition) is 4. The van der Waals surface area contributed by atoms with E-state index in [0.717, 1.165) is 10.9 Å². The number of nitrogens with one attached hydrogen (secondary N) is 1. The third-order valence-electron chi connectivity index (χ3n) is 2.81. The maximum absolute atomic E-state index is 12.3. The first-order chi connectivity index (χ1) is 8.99. The molecular weight excluding hydrogens is 310 g/mol. The Hall–Kier alpha value is -1.14. The van der Waals surface area contributed by atoms with Gasteiger partial charge in [-0.15, -0.1) is 0 Å². The molecule has 2 N–H and O–H groups in total. The van der Waals surface area contributed by atoms with E-state index in [9.17, 15) is 4.79 Å². The highest BCUT2D eigenvalue weighted by Crippen LogP contribution is 2.20. The van der Waals surface area contributed by atoms with Crippen LogP contribution in [-0.2, 0) is 0 Å². The first-order valence-electron chi connectivity index (χ1n) is 6.24. The van der Waals surface area contributed by atoms with E-state index in [1.165, 1.54) is 0 Å². The lowest BCUT2D eigenvalue weighted by atomic mass is 10.1. The van der Waals surface area contributed by atoms with Gasteiger partial charge in [0.1, 0.15) is 5.82 Å². The number of pyridine rings is 1. The summed E-state index contributed by atoms with van der Waals surface area (Å²) in [6.45, 7) is 2.04. The van der Waals surface area contributed by atoms with Gasteiger partial charge in [0, 0.05) is 37.4 Å². The standard InChI is InChI=1S/C13H20BrN3O2/c1-4-10(5-6-18)16-13(19)11-7-9(14)8-15-12(11)17(2)3/h7-8,10,18H,4-6H2,1-3H3,(H,16,19). The molecule has 0 spiro atoms. The fraction of sp³-hybridized carbons (Fsp3) is 0.538. The Morgan fingerprint density at radius 1 is 1.58 bits per heavy atom. The van der Waals surface area contributed by atoms with Gasteiger partial charge in [-0.05, 0) is 34.8 Å². The lowest BCUT2D eigenvalue weighted by Crippen LogP contribution is -2.36. The SMILES string of the molecule is CCC(CCO)NC(=O)c1cc(Br)cnc1N(C)C. The molecule has 106 valence electrons. The zero-order chi connectivity index (χ0) is 14.4. The molecule has 1 amide bonds. The number of carbonyl (C=O) groups excluding carboxylic acids is 1. The molecule has 0 fully saturated rings. The highest BCUT2D eigenvalue weighted by atomic mass is 79.9. The molecule has 5 nitrogen and oxygen atoms in total. The van der Waals surface area contributed by atoms with Crippen molar-refractivity contribution in [3.05, 3.63) is 22.3 Å². The normalized spacial score (nSPS) is 12.1. The molecule has 0 radical (unpaired) electrons. The van der Waals surface area contributed by atoms with Gasteiger partial charge in [-0.2, -0.15) is 0 Å². The Bertz CT molecular complexity index is 438. The van der Waals surface area contributed by atoms with Crippen LogP contribution in [0.4, 0.5) is 5.82 Å². The number of rotatable bonds is 6. The number of amides is 1. The van der Waals surface area contributed by atoms with Crippen LogP contribution in [0.25, 0.3) is 0 Å². The van der Waals surface area contributed by atoms with Crippen LogP contribution >= 0.6 is 15.9 Å². The minimum Gasteiger partial charge on any atom is -0.396 e. The van der Waals surface area contributed by atoms with Crippen LogP contribution in [-0.4, -0.2) is 42.7 Å². The van der Waals surface area contributed by atoms with E-state index in [1.54, 1.807) is 17.2 Å². The topological polar surface area (TPSA) is 65.5 Å². The molecule has 19 heavy (non-hydrogen) atoms. The largest absolute Gasteiger partial charge is 0.396 e. The van der Waals surface area contributed by atoms with E-state index in [1.807, 2.05) is 21.0 Å². The summed E-state index contributed by atoms with van der Waals surface area (Å²) in [5, 5.41) is 11.9. The van der Waals surface area contributed by atoms with E-state index >= 15 is 0 Å². The second-order valence-corrected chi connectivity index (χ2v) is 5.43. The maximum Gasteiger partial charge on any atom is 0.255 e. The Labute approximate surface area is 122 Å². The molecular formula is C13H20BrN3O2. The van der Waals surface area contributed by atoms with Gasteiger partial charge >= 0.3 is 0 Å². The quantitative estimate of drug-likeness (QED) is 0.835. The fourth-order valence-corrected chi connectivity index (χ4v) is 2.08. The number of anilines is 1. The number of nitrogens with zero attached hydrogens (tertiary/aromatic N) is 2. The Balaban J connectivity index is 2.94. The van der Waals surface area contributed by atoms with Gasteiger partial charge in [0.2, 0.25) is 0 Å². The van der Waals surface area contributed by atoms with Gasteiger partial charge < -0.3 is 15.3 Å². The van der Waals surface area contributed by atoms with E-state index in [2.05, 4.69) is 26.2 Å². The number of carbonyl (C=O) groups is 1. The van der Waals surface area contributed by atoms with Crippen LogP contribution in [0.5, 0.6) is 0 Å². The van der Waals surface area contributed by atoms with Crippen molar-refractivity contribution in [3.63, 3.8) is 0 Å². The van der Waals surface area contributed by atoms with Crippen molar-refractivity contribution in [3.8, 4) is 0 Å². The third kappa shape index (κ3) is 4.47. The molecule has 0 aliphatic rings. The van der Waals surface area contributed by atoms with Crippen molar-refractivity contribution < 1.29 is 9.90 Å². The summed E-state index contributed by atoms with van der Waals surface area (Å²) in [5.41, 5.74) is 0.524. The molecule has 0 aliphatic heterocycles. The first kappa shape index (κ1) is 15.9. The van der Waals surface area contributed by atoms with Crippen molar-refractivity contribution in [1.82, 2.24) is 10.3 Å². The highest BCUT2D eigenvalue weighted by Gasteiger charge is 2.17. The molecule has 1 rings (SSSR count). The van der Waals surface area contributed by atoms with Crippen molar-refractivity contribution in [2.75, 3.05) is 25.6 Å². The van der Waals surface area contributed by atoms with Crippen molar-refractivity contribution in [2.45, 2.75) is 25.8 Å². The smallest absolute Gasteiger partial charge is 0.255 e. The minimum absolute atomic E-state index is 0.0218. The Morgan fingerprint density at radius 2 is 2.26 bits per heavy atom. The minimum atomic E-state index is -0.169. The number of halogens is 1. The molecule has 1 heterocycles. The van der Waals surface area contributed by atoms with Crippen LogP contribution in [0.2, 0.25) is 0 Å². The molecule has 0 saturated carbocycles. The van der Waals surface area contributed by atoms with E-state index in [0.29, 0.717) is 17.8 Å². The number of hydrogen-bond donors (Lipinski definition) is 2. The van der Waals surface area contributed by atoms with Crippen LogP contribution in [0, 0.1) is 0 Å². The van der Waals surface area contributed by atoms with Crippen molar-refractivity contribution in [1.29, 1.82) is 0 Å².